The number of aryl methyl sites for hydroxylation is 2. The second kappa shape index (κ2) is 6.66. The largest absolute Gasteiger partial charge is 0.369 e. The highest BCUT2D eigenvalue weighted by atomic mass is 16.1. The third-order valence-corrected chi connectivity index (χ3v) is 5.57. The smallest absolute Gasteiger partial charge is 0.267 e. The van der Waals surface area contributed by atoms with Gasteiger partial charge in [-0.2, -0.15) is 0 Å². The van der Waals surface area contributed by atoms with Gasteiger partial charge in [-0.25, -0.2) is 19.1 Å². The van der Waals surface area contributed by atoms with Crippen molar-refractivity contribution < 1.29 is 0 Å². The van der Waals surface area contributed by atoms with E-state index in [0.717, 1.165) is 48.8 Å². The van der Waals surface area contributed by atoms with Crippen molar-refractivity contribution in [3.8, 4) is 5.82 Å². The predicted octanol–water partition coefficient (Wildman–Crippen LogP) is 1.80. The summed E-state index contributed by atoms with van der Waals surface area (Å²) in [5.41, 5.74) is 4.28. The van der Waals surface area contributed by atoms with Crippen LogP contribution in [0.4, 0.5) is 5.69 Å². The fourth-order valence-electron chi connectivity index (χ4n) is 3.88. The lowest BCUT2D eigenvalue weighted by atomic mass is 10.2. The van der Waals surface area contributed by atoms with Crippen molar-refractivity contribution in [3.63, 3.8) is 0 Å². The van der Waals surface area contributed by atoms with Crippen LogP contribution in [-0.4, -0.2) is 62.3 Å². The van der Waals surface area contributed by atoms with E-state index in [0.29, 0.717) is 16.7 Å². The van der Waals surface area contributed by atoms with Crippen LogP contribution in [0.5, 0.6) is 0 Å². The number of nitrogens with zero attached hydrogens (tertiary/aromatic N) is 7. The molecule has 0 radical (unpaired) electrons. The van der Waals surface area contributed by atoms with Gasteiger partial charge in [-0.3, -0.25) is 4.79 Å². The van der Waals surface area contributed by atoms with E-state index < -0.39 is 0 Å². The quantitative estimate of drug-likeness (QED) is 0.521. The van der Waals surface area contributed by atoms with E-state index in [4.69, 9.17) is 0 Å². The van der Waals surface area contributed by atoms with Crippen LogP contribution in [0.25, 0.3) is 22.4 Å². The van der Waals surface area contributed by atoms with Gasteiger partial charge >= 0.3 is 0 Å². The lowest BCUT2D eigenvalue weighted by molar-refractivity contribution is 0.313. The predicted molar refractivity (Wildman–Crippen MR) is 113 cm³/mol. The molecule has 8 nitrogen and oxygen atoms in total. The molecule has 29 heavy (non-hydrogen) atoms. The van der Waals surface area contributed by atoms with Crippen LogP contribution in [0, 0.1) is 13.8 Å². The first kappa shape index (κ1) is 17.8. The highest BCUT2D eigenvalue weighted by Crippen LogP contribution is 2.21. The maximum Gasteiger partial charge on any atom is 0.267 e. The van der Waals surface area contributed by atoms with Crippen molar-refractivity contribution >= 4 is 22.2 Å². The van der Waals surface area contributed by atoms with Crippen molar-refractivity contribution in [2.75, 3.05) is 38.1 Å². The zero-order chi connectivity index (χ0) is 20.1. The van der Waals surface area contributed by atoms with E-state index in [2.05, 4.69) is 31.9 Å². The van der Waals surface area contributed by atoms with E-state index in [1.54, 1.807) is 10.8 Å². The summed E-state index contributed by atoms with van der Waals surface area (Å²) >= 11 is 0. The van der Waals surface area contributed by atoms with Crippen LogP contribution >= 0.6 is 0 Å². The van der Waals surface area contributed by atoms with Gasteiger partial charge in [0.1, 0.15) is 6.33 Å². The number of imidazole rings is 1. The van der Waals surface area contributed by atoms with Crippen molar-refractivity contribution in [1.29, 1.82) is 0 Å². The molecule has 5 rings (SSSR count). The first-order valence-corrected chi connectivity index (χ1v) is 9.78. The van der Waals surface area contributed by atoms with Crippen LogP contribution in [0.2, 0.25) is 0 Å². The summed E-state index contributed by atoms with van der Waals surface area (Å²) in [4.78, 5) is 26.9. The number of anilines is 1. The molecule has 4 heterocycles. The zero-order valence-electron chi connectivity index (χ0n) is 16.8. The average Bonchev–Trinajstić information content (AvgIpc) is 3.10. The summed E-state index contributed by atoms with van der Waals surface area (Å²) in [6.45, 7) is 7.84. The van der Waals surface area contributed by atoms with Gasteiger partial charge in [0.25, 0.3) is 5.56 Å². The van der Waals surface area contributed by atoms with Crippen LogP contribution in [0.1, 0.15) is 11.3 Å². The SMILES string of the molecule is Cc1cn2nc(-n3cnc4ccc(N5CCN(C)CC5)cc4c3=O)cc(C)c2n1. The van der Waals surface area contributed by atoms with Gasteiger partial charge in [0.15, 0.2) is 11.5 Å². The molecule has 1 saturated heterocycles. The Labute approximate surface area is 168 Å². The summed E-state index contributed by atoms with van der Waals surface area (Å²) in [6.07, 6.45) is 3.41. The normalized spacial score (nSPS) is 15.5. The molecule has 0 spiro atoms. The zero-order valence-corrected chi connectivity index (χ0v) is 16.8. The molecule has 1 aliphatic heterocycles. The highest BCUT2D eigenvalue weighted by Gasteiger charge is 2.16. The van der Waals surface area contributed by atoms with Crippen LogP contribution < -0.4 is 10.5 Å². The Morgan fingerprint density at radius 3 is 2.62 bits per heavy atom. The first-order valence-electron chi connectivity index (χ1n) is 9.78. The molecule has 0 amide bonds. The molecular formula is C21H23N7O. The van der Waals surface area contributed by atoms with Crippen LogP contribution in [-0.2, 0) is 0 Å². The van der Waals surface area contributed by atoms with E-state index in [1.807, 2.05) is 44.3 Å². The number of hydrogen-bond donors (Lipinski definition) is 0. The van der Waals surface area contributed by atoms with Gasteiger partial charge in [-0.05, 0) is 50.7 Å². The van der Waals surface area contributed by atoms with Gasteiger partial charge in [-0.15, -0.1) is 5.10 Å². The molecule has 1 aromatic carbocycles. The monoisotopic (exact) mass is 389 g/mol. The van der Waals surface area contributed by atoms with E-state index >= 15 is 0 Å². The maximum absolute atomic E-state index is 13.3. The van der Waals surface area contributed by atoms with Gasteiger partial charge in [0, 0.05) is 31.9 Å². The number of hydrogen-bond acceptors (Lipinski definition) is 6. The summed E-state index contributed by atoms with van der Waals surface area (Å²) in [5.74, 6) is 0.539. The summed E-state index contributed by atoms with van der Waals surface area (Å²) in [5, 5.41) is 5.18. The van der Waals surface area contributed by atoms with E-state index in [-0.39, 0.29) is 5.56 Å². The Morgan fingerprint density at radius 2 is 1.83 bits per heavy atom. The van der Waals surface area contributed by atoms with Gasteiger partial charge in [0.05, 0.1) is 22.8 Å². The second-order valence-corrected chi connectivity index (χ2v) is 7.75. The summed E-state index contributed by atoms with van der Waals surface area (Å²) in [6, 6.07) is 7.81. The fraction of sp³-hybridized carbons (Fsp3) is 0.333. The number of rotatable bonds is 2. The van der Waals surface area contributed by atoms with Crippen molar-refractivity contribution in [2.24, 2.45) is 0 Å². The molecule has 0 N–H and O–H groups in total. The molecule has 3 aromatic heterocycles. The molecule has 0 aliphatic carbocycles. The van der Waals surface area contributed by atoms with Crippen LogP contribution in [0.3, 0.4) is 0 Å². The minimum absolute atomic E-state index is 0.117. The maximum atomic E-state index is 13.3. The molecule has 1 aliphatic rings. The average molecular weight is 389 g/mol. The van der Waals surface area contributed by atoms with Gasteiger partial charge in [0.2, 0.25) is 0 Å². The highest BCUT2D eigenvalue weighted by molar-refractivity contribution is 5.82. The number of benzene rings is 1. The van der Waals surface area contributed by atoms with E-state index in [9.17, 15) is 4.79 Å². The Kier molecular flexibility index (Phi) is 4.09. The lowest BCUT2D eigenvalue weighted by Crippen LogP contribution is -2.44. The summed E-state index contributed by atoms with van der Waals surface area (Å²) < 4.78 is 3.23. The lowest BCUT2D eigenvalue weighted by Gasteiger charge is -2.34. The molecule has 0 saturated carbocycles. The topological polar surface area (TPSA) is 71.6 Å². The van der Waals surface area contributed by atoms with E-state index in [1.165, 1.54) is 4.57 Å². The number of piperazine rings is 1. The molecular weight excluding hydrogens is 366 g/mol. The first-order chi connectivity index (χ1) is 14.0. The number of likely N-dealkylation sites (N-methyl/N-ethyl adjacent to an activating group) is 1. The molecule has 8 heteroatoms. The molecule has 0 atom stereocenters. The third-order valence-electron chi connectivity index (χ3n) is 5.57. The summed E-state index contributed by atoms with van der Waals surface area (Å²) in [7, 11) is 2.13. The molecule has 148 valence electrons. The van der Waals surface area contributed by atoms with Crippen LogP contribution in [0.15, 0.2) is 41.6 Å². The Morgan fingerprint density at radius 1 is 1.03 bits per heavy atom. The molecule has 0 unspecified atom stereocenters. The molecule has 4 aromatic rings. The Balaban J connectivity index is 1.62. The van der Waals surface area contributed by atoms with Crippen molar-refractivity contribution in [2.45, 2.75) is 13.8 Å². The van der Waals surface area contributed by atoms with Crippen molar-refractivity contribution in [1.82, 2.24) is 29.0 Å². The third kappa shape index (κ3) is 3.05. The minimum atomic E-state index is -0.117. The Bertz CT molecular complexity index is 1280. The number of fused-ring (bicyclic) bond motifs is 2. The minimum Gasteiger partial charge on any atom is -0.369 e. The number of aromatic nitrogens is 5. The Hall–Kier alpha value is -3.26. The van der Waals surface area contributed by atoms with Gasteiger partial charge in [-0.1, -0.05) is 0 Å². The van der Waals surface area contributed by atoms with Gasteiger partial charge < -0.3 is 9.80 Å². The fourth-order valence-corrected chi connectivity index (χ4v) is 3.88. The molecule has 0 bridgehead atoms. The molecule has 1 fully saturated rings. The van der Waals surface area contributed by atoms with Crippen molar-refractivity contribution in [3.05, 3.63) is 58.4 Å². The second-order valence-electron chi connectivity index (χ2n) is 7.75. The standard InChI is InChI=1S/C21H23N7O/c1-14-10-19(24-28-12-15(2)23-20(14)28)27-13-22-18-5-4-16(11-17(18)21(27)29)26-8-6-25(3)7-9-26/h4-5,10-13H,6-9H2,1-3H3.